The second kappa shape index (κ2) is 23.1. The molecule has 0 bridgehead atoms. The van der Waals surface area contributed by atoms with E-state index in [0.717, 1.165) is 0 Å². The van der Waals surface area contributed by atoms with Crippen molar-refractivity contribution < 1.29 is 77.2 Å². The van der Waals surface area contributed by atoms with Gasteiger partial charge in [0.1, 0.15) is 0 Å². The molecule has 6 N–H and O–H groups in total. The Morgan fingerprint density at radius 3 is 1.00 bits per heavy atom. The van der Waals surface area contributed by atoms with Crippen LogP contribution in [-0.4, -0.2) is 37.0 Å². The number of rotatable bonds is 0. The first-order valence-electron chi connectivity index (χ1n) is 0.548. The van der Waals surface area contributed by atoms with Crippen LogP contribution in [0.3, 0.4) is 0 Å². The Kier molecular flexibility index (Phi) is 94.5. The van der Waals surface area contributed by atoms with E-state index in [1.165, 1.54) is 0 Å². The Balaban J connectivity index is -0.00000000750. The van der Waals surface area contributed by atoms with Crippen molar-refractivity contribution in [3.63, 3.8) is 0 Å². The van der Waals surface area contributed by atoms with Crippen LogP contribution in [0.2, 0.25) is 0 Å². The van der Waals surface area contributed by atoms with Gasteiger partial charge >= 0.3 is 81.4 Å². The molecule has 0 radical (unpaired) electrons. The summed E-state index contributed by atoms with van der Waals surface area (Å²) in [5.74, 6) is 0. The maximum atomic E-state index is 8.60. The molecule has 0 atom stereocenters. The van der Waals surface area contributed by atoms with Crippen molar-refractivity contribution in [3.8, 4) is 0 Å². The third-order valence-electron chi connectivity index (χ3n) is 0. The maximum absolute atomic E-state index is 8.60. The van der Waals surface area contributed by atoms with Crippen LogP contribution in [0.1, 0.15) is 0 Å². The molecule has 8 heteroatoms. The Hall–Kier alpha value is 1.89. The zero-order valence-corrected chi connectivity index (χ0v) is 9.85. The molecular weight excluding hydrogens is 257 g/mol. The van der Waals surface area contributed by atoms with E-state index in [0.29, 0.717) is 0 Å². The van der Waals surface area contributed by atoms with Crippen molar-refractivity contribution in [1.82, 2.24) is 0 Å². The van der Waals surface area contributed by atoms with Crippen molar-refractivity contribution in [2.45, 2.75) is 0 Å². The molecule has 0 aliphatic carbocycles. The zero-order valence-electron chi connectivity index (χ0n) is 4.17. The van der Waals surface area contributed by atoms with Gasteiger partial charge in [-0.2, -0.15) is 0 Å². The van der Waals surface area contributed by atoms with Crippen LogP contribution in [-0.2, 0) is 6.03 Å². The Labute approximate surface area is 95.9 Å². The fourth-order valence-electron chi connectivity index (χ4n) is 0. The standard InChI is InChI=1S/K.3H2O.3O.Sb/h;3*1H2;;;;/q+1;;;;;;-1;. The Morgan fingerprint density at radius 2 is 1.00 bits per heavy atom. The fraction of sp³-hybridized carbons (Fsp3) is 0. The quantitative estimate of drug-likeness (QED) is 0.399. The topological polar surface area (TPSA) is 152 Å². The summed E-state index contributed by atoms with van der Waals surface area (Å²) in [6.07, 6.45) is 0. The third-order valence-corrected chi connectivity index (χ3v) is 0. The summed E-state index contributed by atoms with van der Waals surface area (Å²) < 4.78 is 25.8. The van der Waals surface area contributed by atoms with Gasteiger partial charge in [0.2, 0.25) is 0 Å². The molecular formula is H6KO6Sb. The van der Waals surface area contributed by atoms with Crippen molar-refractivity contribution >= 4 is 20.6 Å². The molecule has 0 aromatic carbocycles. The molecule has 0 amide bonds. The van der Waals surface area contributed by atoms with E-state index in [-0.39, 0.29) is 67.8 Å². The Bertz CT molecular complexity index is 56.9. The van der Waals surface area contributed by atoms with Gasteiger partial charge < -0.3 is 16.4 Å². The third kappa shape index (κ3) is 105. The molecule has 0 saturated heterocycles. The van der Waals surface area contributed by atoms with Gasteiger partial charge in [0.05, 0.1) is 0 Å². The van der Waals surface area contributed by atoms with Crippen LogP contribution >= 0.6 is 0 Å². The van der Waals surface area contributed by atoms with Gasteiger partial charge in [-0.05, 0) is 0 Å². The van der Waals surface area contributed by atoms with Crippen molar-refractivity contribution in [3.05, 3.63) is 0 Å². The molecule has 0 saturated carbocycles. The van der Waals surface area contributed by atoms with Crippen LogP contribution in [0, 0.1) is 0 Å². The van der Waals surface area contributed by atoms with E-state index in [1.807, 2.05) is 0 Å². The molecule has 8 heavy (non-hydrogen) atoms. The molecule has 48 valence electrons. The van der Waals surface area contributed by atoms with Crippen LogP contribution in [0.25, 0.3) is 0 Å². The molecule has 0 aliphatic rings. The minimum atomic E-state index is -4.20. The first-order valence-corrected chi connectivity index (χ1v) is 3.67. The van der Waals surface area contributed by atoms with Gasteiger partial charge in [0.15, 0.2) is 0 Å². The van der Waals surface area contributed by atoms with E-state index >= 15 is 0 Å². The second-order valence-corrected chi connectivity index (χ2v) is 1.50. The van der Waals surface area contributed by atoms with Crippen molar-refractivity contribution in [2.24, 2.45) is 0 Å². The van der Waals surface area contributed by atoms with Crippen LogP contribution in [0.5, 0.6) is 0 Å². The van der Waals surface area contributed by atoms with Crippen molar-refractivity contribution in [2.75, 3.05) is 0 Å². The molecule has 0 heterocycles. The summed E-state index contributed by atoms with van der Waals surface area (Å²) in [6, 6.07) is 0. The van der Waals surface area contributed by atoms with E-state index in [4.69, 9.17) is 9.42 Å². The molecule has 0 rings (SSSR count). The molecule has 0 spiro atoms. The summed E-state index contributed by atoms with van der Waals surface area (Å²) in [5.41, 5.74) is 0. The van der Waals surface area contributed by atoms with Gasteiger partial charge in [-0.1, -0.05) is 0 Å². The number of hydrogen-bond acceptors (Lipinski definition) is 3. The first-order chi connectivity index (χ1) is 1.73. The van der Waals surface area contributed by atoms with Crippen LogP contribution < -0.4 is 54.8 Å². The van der Waals surface area contributed by atoms with Gasteiger partial charge in [0, 0.05) is 0 Å². The van der Waals surface area contributed by atoms with Crippen LogP contribution in [0.4, 0.5) is 0 Å². The Morgan fingerprint density at radius 1 is 1.00 bits per heavy atom. The summed E-state index contributed by atoms with van der Waals surface area (Å²) in [6.45, 7) is 0. The van der Waals surface area contributed by atoms with Crippen LogP contribution in [0.15, 0.2) is 0 Å². The second-order valence-electron chi connectivity index (χ2n) is 0.224. The monoisotopic (exact) mass is 262 g/mol. The molecule has 0 aromatic rings. The van der Waals surface area contributed by atoms with E-state index in [2.05, 4.69) is 0 Å². The minimum absolute atomic E-state index is 0. The predicted molar refractivity (Wildman–Crippen MR) is 18.0 cm³/mol. The molecule has 0 unspecified atom stereocenters. The SMILES string of the molecule is O.O.O.[K+].[O]=[Sb](=[O])[O-]. The van der Waals surface area contributed by atoms with Gasteiger partial charge in [-0.15, -0.1) is 0 Å². The summed E-state index contributed by atoms with van der Waals surface area (Å²) in [7, 11) is 0. The van der Waals surface area contributed by atoms with Gasteiger partial charge in [0.25, 0.3) is 0 Å². The first kappa shape index (κ1) is 32.7. The van der Waals surface area contributed by atoms with Crippen molar-refractivity contribution in [1.29, 1.82) is 0 Å². The molecule has 0 aliphatic heterocycles. The van der Waals surface area contributed by atoms with Gasteiger partial charge in [-0.3, -0.25) is 0 Å². The van der Waals surface area contributed by atoms with E-state index in [9.17, 15) is 0 Å². The predicted octanol–water partition coefficient (Wildman–Crippen LogP) is -7.28. The molecule has 0 fully saturated rings. The summed E-state index contributed by atoms with van der Waals surface area (Å²) >= 11 is -4.20. The fourth-order valence-corrected chi connectivity index (χ4v) is 0. The van der Waals surface area contributed by atoms with Gasteiger partial charge in [-0.25, -0.2) is 0 Å². The number of hydrogen-bond donors (Lipinski definition) is 0. The summed E-state index contributed by atoms with van der Waals surface area (Å²) in [4.78, 5) is 0. The average Bonchev–Trinajstić information content (AvgIpc) is 0.811. The summed E-state index contributed by atoms with van der Waals surface area (Å²) in [5, 5.41) is 0. The van der Waals surface area contributed by atoms with E-state index < -0.39 is 20.6 Å². The average molecular weight is 263 g/mol. The molecule has 0 aromatic heterocycles. The normalized spacial score (nSPS) is 3.12. The zero-order chi connectivity index (χ0) is 3.58. The molecule has 6 nitrogen and oxygen atoms in total. The van der Waals surface area contributed by atoms with E-state index in [1.54, 1.807) is 0 Å².